The van der Waals surface area contributed by atoms with Crippen LogP contribution < -0.4 is 10.6 Å². The van der Waals surface area contributed by atoms with Crippen LogP contribution in [0.2, 0.25) is 0 Å². The van der Waals surface area contributed by atoms with Gasteiger partial charge in [-0.2, -0.15) is 0 Å². The van der Waals surface area contributed by atoms with Crippen LogP contribution in [0.25, 0.3) is 0 Å². The van der Waals surface area contributed by atoms with Crippen molar-refractivity contribution >= 4 is 5.91 Å². The molecule has 0 radical (unpaired) electrons. The summed E-state index contributed by atoms with van der Waals surface area (Å²) >= 11 is 0. The molecule has 19 heavy (non-hydrogen) atoms. The normalized spacial score (nSPS) is 49.8. The van der Waals surface area contributed by atoms with Crippen molar-refractivity contribution in [1.29, 1.82) is 0 Å². The molecule has 2 N–H and O–H groups in total. The molecule has 4 aliphatic rings. The minimum atomic E-state index is 0.191. The fourth-order valence-corrected chi connectivity index (χ4v) is 5.38. The Kier molecular flexibility index (Phi) is 2.55. The lowest BCUT2D eigenvalue weighted by atomic mass is 9.80. The fourth-order valence-electron chi connectivity index (χ4n) is 5.38. The highest BCUT2D eigenvalue weighted by Gasteiger charge is 2.67. The van der Waals surface area contributed by atoms with Gasteiger partial charge in [0, 0.05) is 18.5 Å². The number of piperidine rings is 1. The first-order valence-corrected chi connectivity index (χ1v) is 8.09. The summed E-state index contributed by atoms with van der Waals surface area (Å²) in [4.78, 5) is 12.6. The van der Waals surface area contributed by atoms with Crippen molar-refractivity contribution in [3.63, 3.8) is 0 Å². The van der Waals surface area contributed by atoms with E-state index in [2.05, 4.69) is 24.5 Å². The van der Waals surface area contributed by atoms with E-state index in [1.807, 2.05) is 0 Å². The van der Waals surface area contributed by atoms with Crippen LogP contribution in [-0.4, -0.2) is 25.0 Å². The molecule has 0 aromatic rings. The molecule has 0 spiro atoms. The number of fused-ring (bicyclic) bond motifs is 5. The van der Waals surface area contributed by atoms with E-state index < -0.39 is 0 Å². The molecule has 3 heteroatoms. The first kappa shape index (κ1) is 12.2. The van der Waals surface area contributed by atoms with Gasteiger partial charge in [0.25, 0.3) is 0 Å². The van der Waals surface area contributed by atoms with Crippen molar-refractivity contribution in [2.45, 2.75) is 45.6 Å². The molecular weight excluding hydrogens is 236 g/mol. The maximum atomic E-state index is 12.6. The molecule has 5 unspecified atom stereocenters. The molecule has 3 nitrogen and oxygen atoms in total. The van der Waals surface area contributed by atoms with E-state index in [-0.39, 0.29) is 5.41 Å². The van der Waals surface area contributed by atoms with Crippen molar-refractivity contribution in [2.75, 3.05) is 13.1 Å². The lowest BCUT2D eigenvalue weighted by Crippen LogP contribution is -2.54. The van der Waals surface area contributed by atoms with E-state index in [4.69, 9.17) is 0 Å². The highest BCUT2D eigenvalue weighted by atomic mass is 16.2. The third kappa shape index (κ3) is 1.77. The van der Waals surface area contributed by atoms with Gasteiger partial charge >= 0.3 is 0 Å². The number of carbonyl (C=O) groups excluding carboxylic acids is 1. The predicted molar refractivity (Wildman–Crippen MR) is 74.5 cm³/mol. The molecule has 3 saturated carbocycles. The van der Waals surface area contributed by atoms with Crippen LogP contribution in [0.1, 0.15) is 39.5 Å². The second-order valence-corrected chi connectivity index (χ2v) is 8.03. The molecule has 5 atom stereocenters. The van der Waals surface area contributed by atoms with Crippen LogP contribution in [0.4, 0.5) is 0 Å². The Morgan fingerprint density at radius 3 is 2.47 bits per heavy atom. The predicted octanol–water partition coefficient (Wildman–Crippen LogP) is 1.78. The minimum absolute atomic E-state index is 0.191. The molecule has 1 saturated heterocycles. The van der Waals surface area contributed by atoms with Gasteiger partial charge in [0.05, 0.1) is 0 Å². The highest BCUT2D eigenvalue weighted by molar-refractivity contribution is 5.83. The average molecular weight is 262 g/mol. The molecule has 1 heterocycles. The number of hydrogen-bond donors (Lipinski definition) is 2. The molecule has 1 amide bonds. The first-order valence-electron chi connectivity index (χ1n) is 8.09. The molecule has 4 fully saturated rings. The maximum Gasteiger partial charge on any atom is 0.223 e. The van der Waals surface area contributed by atoms with Crippen molar-refractivity contribution < 1.29 is 4.79 Å². The summed E-state index contributed by atoms with van der Waals surface area (Å²) in [5, 5.41) is 6.83. The number of nitrogens with one attached hydrogen (secondary N) is 2. The third-order valence-electron chi connectivity index (χ3n) is 6.49. The van der Waals surface area contributed by atoms with Crippen LogP contribution in [0, 0.1) is 35.0 Å². The SMILES string of the molecule is CC1(C)CNCCC1NC(=O)C1C2C3CCC(C3)C12. The Morgan fingerprint density at radius 1 is 1.16 bits per heavy atom. The zero-order valence-corrected chi connectivity index (χ0v) is 12.1. The monoisotopic (exact) mass is 262 g/mol. The summed E-state index contributed by atoms with van der Waals surface area (Å²) in [6.07, 6.45) is 5.30. The second kappa shape index (κ2) is 3.97. The van der Waals surface area contributed by atoms with E-state index in [1.54, 1.807) is 0 Å². The van der Waals surface area contributed by atoms with E-state index >= 15 is 0 Å². The van der Waals surface area contributed by atoms with E-state index in [0.717, 1.165) is 43.2 Å². The van der Waals surface area contributed by atoms with Gasteiger partial charge in [-0.25, -0.2) is 0 Å². The molecule has 0 aromatic heterocycles. The average Bonchev–Trinajstić information content (AvgIpc) is 2.81. The summed E-state index contributed by atoms with van der Waals surface area (Å²) in [7, 11) is 0. The Hall–Kier alpha value is -0.570. The fraction of sp³-hybridized carbons (Fsp3) is 0.938. The van der Waals surface area contributed by atoms with Crippen molar-refractivity contribution in [3.8, 4) is 0 Å². The Morgan fingerprint density at radius 2 is 1.84 bits per heavy atom. The zero-order valence-electron chi connectivity index (χ0n) is 12.1. The summed E-state index contributed by atoms with van der Waals surface area (Å²) in [6.45, 7) is 6.58. The van der Waals surface area contributed by atoms with Crippen molar-refractivity contribution in [2.24, 2.45) is 35.0 Å². The number of amides is 1. The molecule has 1 aliphatic heterocycles. The topological polar surface area (TPSA) is 41.1 Å². The summed E-state index contributed by atoms with van der Waals surface area (Å²) in [6, 6.07) is 0.361. The second-order valence-electron chi connectivity index (χ2n) is 8.03. The molecule has 106 valence electrons. The van der Waals surface area contributed by atoms with Crippen LogP contribution in [0.15, 0.2) is 0 Å². The van der Waals surface area contributed by atoms with Crippen molar-refractivity contribution in [1.82, 2.24) is 10.6 Å². The largest absolute Gasteiger partial charge is 0.352 e. The van der Waals surface area contributed by atoms with E-state index in [9.17, 15) is 4.79 Å². The molecule has 2 bridgehead atoms. The summed E-state index contributed by atoms with van der Waals surface area (Å²) < 4.78 is 0. The van der Waals surface area contributed by atoms with Gasteiger partial charge in [0.2, 0.25) is 5.91 Å². The molecule has 0 aromatic carbocycles. The minimum Gasteiger partial charge on any atom is -0.352 e. The number of carbonyl (C=O) groups is 1. The Bertz CT molecular complexity index is 390. The van der Waals surface area contributed by atoms with Gasteiger partial charge in [-0.05, 0) is 61.3 Å². The Balaban J connectivity index is 1.40. The van der Waals surface area contributed by atoms with Crippen LogP contribution in [0.3, 0.4) is 0 Å². The van der Waals surface area contributed by atoms with Crippen molar-refractivity contribution in [3.05, 3.63) is 0 Å². The van der Waals surface area contributed by atoms with Gasteiger partial charge in [-0.15, -0.1) is 0 Å². The van der Waals surface area contributed by atoms with E-state index in [1.165, 1.54) is 19.3 Å². The third-order valence-corrected chi connectivity index (χ3v) is 6.49. The molecule has 4 rings (SSSR count). The summed E-state index contributed by atoms with van der Waals surface area (Å²) in [5.74, 6) is 4.09. The van der Waals surface area contributed by atoms with Crippen LogP contribution in [-0.2, 0) is 4.79 Å². The van der Waals surface area contributed by atoms with Crippen LogP contribution >= 0.6 is 0 Å². The molecule has 3 aliphatic carbocycles. The lowest BCUT2D eigenvalue weighted by molar-refractivity contribution is -0.125. The van der Waals surface area contributed by atoms with Gasteiger partial charge < -0.3 is 10.6 Å². The van der Waals surface area contributed by atoms with Gasteiger partial charge in [-0.1, -0.05) is 13.8 Å². The first-order chi connectivity index (χ1) is 9.08. The Labute approximate surface area is 115 Å². The van der Waals surface area contributed by atoms with E-state index in [0.29, 0.717) is 17.9 Å². The van der Waals surface area contributed by atoms with Gasteiger partial charge in [0.15, 0.2) is 0 Å². The maximum absolute atomic E-state index is 12.6. The smallest absolute Gasteiger partial charge is 0.223 e. The quantitative estimate of drug-likeness (QED) is 0.796. The number of hydrogen-bond acceptors (Lipinski definition) is 2. The standard InChI is InChI=1S/C16H26N2O/c1-16(2)8-17-6-5-11(16)18-15(19)14-12-9-3-4-10(7-9)13(12)14/h9-14,17H,3-8H2,1-2H3,(H,18,19). The highest BCUT2D eigenvalue weighted by Crippen LogP contribution is 2.69. The van der Waals surface area contributed by atoms with Crippen LogP contribution in [0.5, 0.6) is 0 Å². The lowest BCUT2D eigenvalue weighted by Gasteiger charge is -2.39. The van der Waals surface area contributed by atoms with Gasteiger partial charge in [-0.3, -0.25) is 4.79 Å². The molecular formula is C16H26N2O. The zero-order chi connectivity index (χ0) is 13.2. The summed E-state index contributed by atoms with van der Waals surface area (Å²) in [5.41, 5.74) is 0.191. The number of rotatable bonds is 2. The van der Waals surface area contributed by atoms with Gasteiger partial charge in [0.1, 0.15) is 0 Å².